The molecular formula is C113H90N16O2. The SMILES string of the molecule is [C-]#[N+]c1c(-c2ccc(CC)cc2)nc2c(c(C)nn2-c2ccccc2)c1-c1ccc(O)cc1.[C-]#[N+]c1c(-c2ccc(CC)cc2)nc2c(c(C)nn2-c2ccccc2)c1-c1cccc(O)c1.[C-]#[N+]c1c(-c2ccc(CC)cc2)nc2c(c(C)nn2-c2ccccc2)c1-c1ccccc1.[C-]#[N+]c1c(-c2ccc(CC)cc2)nc2c(c(C)nn2-c2ccccc2)c1-c1ccccc1C. The fourth-order valence-electron chi connectivity index (χ4n) is 16.9. The van der Waals surface area contributed by atoms with Crippen LogP contribution in [0.3, 0.4) is 0 Å². The van der Waals surface area contributed by atoms with Crippen molar-refractivity contribution in [1.29, 1.82) is 0 Å². The maximum atomic E-state index is 10.2. The van der Waals surface area contributed by atoms with E-state index in [1.54, 1.807) is 30.3 Å². The molecular weight excluding hydrogens is 1610 g/mol. The van der Waals surface area contributed by atoms with Crippen LogP contribution in [0.1, 0.15) is 78.3 Å². The first-order chi connectivity index (χ1) is 64.0. The van der Waals surface area contributed by atoms with Crippen molar-refractivity contribution in [2.45, 2.75) is 88.0 Å². The number of fused-ring (bicyclic) bond motifs is 4. The van der Waals surface area contributed by atoms with E-state index >= 15 is 0 Å². The van der Waals surface area contributed by atoms with Crippen molar-refractivity contribution in [3.63, 3.8) is 0 Å². The summed E-state index contributed by atoms with van der Waals surface area (Å²) in [6.45, 7) is 50.8. The molecule has 0 saturated heterocycles. The third-order valence-corrected chi connectivity index (χ3v) is 23.6. The first kappa shape index (κ1) is 85.8. The third kappa shape index (κ3) is 16.9. The lowest BCUT2D eigenvalue weighted by Gasteiger charge is -2.15. The second kappa shape index (κ2) is 37.9. The number of nitrogens with zero attached hydrogens (tertiary/aromatic N) is 16. The number of rotatable bonds is 16. The zero-order valence-corrected chi connectivity index (χ0v) is 74.0. The summed E-state index contributed by atoms with van der Waals surface area (Å²) < 4.78 is 7.44. The molecule has 2 N–H and O–H groups in total. The number of hydrogen-bond acceptors (Lipinski definition) is 10. The number of benzene rings is 12. The molecule has 0 unspecified atom stereocenters. The molecule has 0 atom stereocenters. The number of aromatic hydroxyl groups is 2. The van der Waals surface area contributed by atoms with Gasteiger partial charge in [0.1, 0.15) is 11.5 Å². The van der Waals surface area contributed by atoms with Gasteiger partial charge in [-0.2, -0.15) is 20.4 Å². The number of phenolic OH excluding ortho intramolecular Hbond substituents is 2. The van der Waals surface area contributed by atoms with Gasteiger partial charge in [-0.3, -0.25) is 0 Å². The minimum atomic E-state index is 0.148. The Hall–Kier alpha value is -17.3. The minimum Gasteiger partial charge on any atom is -0.508 e. The smallest absolute Gasteiger partial charge is 0.221 e. The summed E-state index contributed by atoms with van der Waals surface area (Å²) in [4.78, 5) is 36.0. The van der Waals surface area contributed by atoms with Crippen LogP contribution in [0.2, 0.25) is 0 Å². The summed E-state index contributed by atoms with van der Waals surface area (Å²) in [6, 6.07) is 105. The summed E-state index contributed by atoms with van der Waals surface area (Å²) in [5.74, 6) is 0.329. The van der Waals surface area contributed by atoms with E-state index in [0.29, 0.717) is 56.8 Å². The summed E-state index contributed by atoms with van der Waals surface area (Å²) in [6.07, 6.45) is 3.83. The van der Waals surface area contributed by atoms with E-state index in [1.165, 1.54) is 22.3 Å². The molecule has 131 heavy (non-hydrogen) atoms. The number of hydrogen-bond donors (Lipinski definition) is 2. The number of phenols is 2. The van der Waals surface area contributed by atoms with Gasteiger partial charge >= 0.3 is 0 Å². The summed E-state index contributed by atoms with van der Waals surface area (Å²) in [5, 5.41) is 42.8. The van der Waals surface area contributed by atoms with Crippen LogP contribution < -0.4 is 0 Å². The molecule has 0 aliphatic heterocycles. The van der Waals surface area contributed by atoms with Crippen molar-refractivity contribution in [2.24, 2.45) is 0 Å². The van der Waals surface area contributed by atoms with E-state index in [0.717, 1.165) is 176 Å². The molecule has 20 rings (SSSR count). The molecule has 8 aromatic heterocycles. The van der Waals surface area contributed by atoms with Crippen LogP contribution in [0, 0.1) is 60.9 Å². The number of aryl methyl sites for hydroxylation is 9. The van der Waals surface area contributed by atoms with E-state index in [1.807, 2.05) is 253 Å². The average Bonchev–Trinajstić information content (AvgIpc) is 1.64. The highest BCUT2D eigenvalue weighted by atomic mass is 16.3. The second-order valence-corrected chi connectivity index (χ2v) is 31.8. The molecule has 0 aliphatic rings. The molecule has 0 fully saturated rings. The number of aromatic nitrogens is 12. The average molecular weight is 1700 g/mol. The number of pyridine rings is 4. The van der Waals surface area contributed by atoms with Gasteiger partial charge in [-0.1, -0.05) is 276 Å². The second-order valence-electron chi connectivity index (χ2n) is 31.8. The van der Waals surface area contributed by atoms with Crippen LogP contribution >= 0.6 is 0 Å². The maximum Gasteiger partial charge on any atom is 0.221 e. The molecule has 18 nitrogen and oxygen atoms in total. The Balaban J connectivity index is 0.000000122. The first-order valence-electron chi connectivity index (χ1n) is 43.6. The van der Waals surface area contributed by atoms with E-state index in [4.69, 9.17) is 66.6 Å². The molecule has 0 radical (unpaired) electrons. The van der Waals surface area contributed by atoms with Gasteiger partial charge in [0, 0.05) is 43.8 Å². The summed E-state index contributed by atoms with van der Waals surface area (Å²) in [5.41, 5.74) is 31.2. The first-order valence-corrected chi connectivity index (χ1v) is 43.6. The van der Waals surface area contributed by atoms with Crippen LogP contribution in [-0.4, -0.2) is 69.3 Å². The summed E-state index contributed by atoms with van der Waals surface area (Å²) in [7, 11) is 0. The Kier molecular flexibility index (Phi) is 24.8. The van der Waals surface area contributed by atoms with Gasteiger partial charge in [0.15, 0.2) is 22.6 Å². The zero-order valence-electron chi connectivity index (χ0n) is 74.0. The molecule has 0 aliphatic carbocycles. The Morgan fingerprint density at radius 2 is 0.504 bits per heavy atom. The van der Waals surface area contributed by atoms with Crippen LogP contribution in [0.25, 0.3) is 176 Å². The van der Waals surface area contributed by atoms with E-state index < -0.39 is 0 Å². The summed E-state index contributed by atoms with van der Waals surface area (Å²) >= 11 is 0. The standard InChI is InChI=1S/C29H24N4.2C28H22N4O.C28H22N4/c1-5-21-15-17-22(18-16-21)27-28(30-4)26(24-14-10-9-11-19(24)2)25-20(3)32-33(29(25)31-27)23-12-7-6-8-13-23;1-4-19-13-15-20(16-14-19)26-27(29-3)25(21-9-8-12-23(33)17-21)24-18(2)31-32(28(24)30-26)22-10-6-5-7-11-22;1-4-19-10-12-21(13-11-19)26-27(29-3)25(20-14-16-23(33)17-15-20)24-18(2)31-32(28(24)30-26)22-8-6-5-7-9-22;1-4-20-15-17-22(18-16-20)26-27(29-3)25(21-11-7-5-8-12-21)24-19(2)31-32(28(24)30-26)23-13-9-6-10-14-23/h6-18H,5H2,1-3H3;2*5-17,33H,4H2,1-2H3;5-18H,4H2,1-2H3. The maximum absolute atomic E-state index is 10.2. The molecule has 0 amide bonds. The lowest BCUT2D eigenvalue weighted by atomic mass is 9.93. The quantitative estimate of drug-likeness (QED) is 0.0884. The van der Waals surface area contributed by atoms with Crippen molar-refractivity contribution in [2.75, 3.05) is 0 Å². The molecule has 20 aromatic rings. The van der Waals surface area contributed by atoms with Crippen LogP contribution in [-0.2, 0) is 25.7 Å². The topological polar surface area (TPSA) is 181 Å². The predicted molar refractivity (Wildman–Crippen MR) is 529 cm³/mol. The molecule has 0 spiro atoms. The molecule has 634 valence electrons. The third-order valence-electron chi connectivity index (χ3n) is 23.6. The van der Waals surface area contributed by atoms with Gasteiger partial charge in [-0.15, -0.1) is 0 Å². The molecule has 18 heteroatoms. The minimum absolute atomic E-state index is 0.148. The zero-order chi connectivity index (χ0) is 90.9. The van der Waals surface area contributed by atoms with E-state index in [-0.39, 0.29) is 11.5 Å². The van der Waals surface area contributed by atoms with E-state index in [9.17, 15) is 10.2 Å². The van der Waals surface area contributed by atoms with Gasteiger partial charge in [0.05, 0.1) is 94.6 Å². The van der Waals surface area contributed by atoms with Crippen molar-refractivity contribution >= 4 is 66.9 Å². The normalized spacial score (nSPS) is 10.9. The van der Waals surface area contributed by atoms with Crippen LogP contribution in [0.4, 0.5) is 22.7 Å². The molecule has 0 saturated carbocycles. The van der Waals surface area contributed by atoms with Gasteiger partial charge in [-0.25, -0.2) is 58.0 Å². The Labute approximate surface area is 761 Å². The Bertz CT molecular complexity index is 7820. The molecule has 0 bridgehead atoms. The van der Waals surface area contributed by atoms with Gasteiger partial charge < -0.3 is 10.2 Å². The lowest BCUT2D eigenvalue weighted by Crippen LogP contribution is -1.99. The van der Waals surface area contributed by atoms with Crippen molar-refractivity contribution in [3.8, 4) is 124 Å². The monoisotopic (exact) mass is 1700 g/mol. The molecule has 12 aromatic carbocycles. The molecule has 8 heterocycles. The fourth-order valence-corrected chi connectivity index (χ4v) is 16.9. The predicted octanol–water partition coefficient (Wildman–Crippen LogP) is 28.4. The van der Waals surface area contributed by atoms with Crippen LogP contribution in [0.5, 0.6) is 11.5 Å². The van der Waals surface area contributed by atoms with Gasteiger partial charge in [0.25, 0.3) is 0 Å². The lowest BCUT2D eigenvalue weighted by molar-refractivity contribution is 0.475. The van der Waals surface area contributed by atoms with Crippen molar-refractivity contribution in [3.05, 3.63) is 418 Å². The largest absolute Gasteiger partial charge is 0.508 e. The van der Waals surface area contributed by atoms with Crippen LogP contribution in [0.15, 0.2) is 322 Å². The Morgan fingerprint density at radius 3 is 0.794 bits per heavy atom. The highest BCUT2D eigenvalue weighted by Gasteiger charge is 2.30. The highest BCUT2D eigenvalue weighted by Crippen LogP contribution is 2.50. The van der Waals surface area contributed by atoms with Crippen molar-refractivity contribution < 1.29 is 10.2 Å². The fraction of sp³-hybridized carbons (Fsp3) is 0.115. The highest BCUT2D eigenvalue weighted by molar-refractivity contribution is 6.11. The Morgan fingerprint density at radius 1 is 0.252 bits per heavy atom. The van der Waals surface area contributed by atoms with Gasteiger partial charge in [0.2, 0.25) is 22.7 Å². The van der Waals surface area contributed by atoms with Gasteiger partial charge in [-0.05, 0) is 205 Å². The van der Waals surface area contributed by atoms with Crippen molar-refractivity contribution in [1.82, 2.24) is 59.1 Å². The number of para-hydroxylation sites is 4. The van der Waals surface area contributed by atoms with E-state index in [2.05, 4.69) is 139 Å².